The number of guanidine groups is 1. The van der Waals surface area contributed by atoms with Gasteiger partial charge in [0.15, 0.2) is 5.96 Å². The van der Waals surface area contributed by atoms with Gasteiger partial charge in [0.05, 0.1) is 6.54 Å². The Bertz CT molecular complexity index is 620. The van der Waals surface area contributed by atoms with Gasteiger partial charge >= 0.3 is 0 Å². The number of nitrogens with zero attached hydrogens (tertiary/aromatic N) is 4. The normalized spacial score (nSPS) is 16.9. The van der Waals surface area contributed by atoms with Gasteiger partial charge in [0, 0.05) is 45.0 Å². The highest BCUT2D eigenvalue weighted by atomic mass is 127. The number of anilines is 1. The van der Waals surface area contributed by atoms with Crippen molar-refractivity contribution in [3.8, 4) is 0 Å². The van der Waals surface area contributed by atoms with Gasteiger partial charge in [0.25, 0.3) is 0 Å². The highest BCUT2D eigenvalue weighted by molar-refractivity contribution is 14.0. The summed E-state index contributed by atoms with van der Waals surface area (Å²) in [4.78, 5) is 14.1. The highest BCUT2D eigenvalue weighted by Crippen LogP contribution is 2.21. The molecule has 166 valence electrons. The van der Waals surface area contributed by atoms with Crippen LogP contribution in [0.4, 0.5) is 5.82 Å². The first-order valence-electron chi connectivity index (χ1n) is 10.7. The maximum atomic E-state index is 4.81. The summed E-state index contributed by atoms with van der Waals surface area (Å²) in [6, 6.07) is 4.65. The predicted octanol–water partition coefficient (Wildman–Crippen LogP) is 3.72. The average Bonchev–Trinajstić information content (AvgIpc) is 2.65. The van der Waals surface area contributed by atoms with E-state index in [9.17, 15) is 0 Å². The van der Waals surface area contributed by atoms with Crippen LogP contribution in [0, 0.1) is 5.41 Å². The molecule has 0 aliphatic carbocycles. The Morgan fingerprint density at radius 1 is 1.24 bits per heavy atom. The minimum atomic E-state index is 0. The van der Waals surface area contributed by atoms with E-state index in [1.807, 2.05) is 6.20 Å². The summed E-state index contributed by atoms with van der Waals surface area (Å²) in [5, 5.41) is 6.92. The molecule has 7 heteroatoms. The van der Waals surface area contributed by atoms with Crippen LogP contribution in [0.1, 0.15) is 53.0 Å². The zero-order chi connectivity index (χ0) is 20.6. The lowest BCUT2D eigenvalue weighted by atomic mass is 9.89. The number of hydrogen-bond acceptors (Lipinski definition) is 4. The molecule has 0 aromatic carbocycles. The zero-order valence-corrected chi connectivity index (χ0v) is 21.5. The summed E-state index contributed by atoms with van der Waals surface area (Å²) in [5.41, 5.74) is 1.56. The summed E-state index contributed by atoms with van der Waals surface area (Å²) in [7, 11) is 2.17. The smallest absolute Gasteiger partial charge is 0.191 e. The molecule has 0 spiro atoms. The Labute approximate surface area is 195 Å². The van der Waals surface area contributed by atoms with Gasteiger partial charge in [0.2, 0.25) is 0 Å². The van der Waals surface area contributed by atoms with Crippen molar-refractivity contribution in [2.45, 2.75) is 60.0 Å². The molecule has 1 aromatic heterocycles. The van der Waals surface area contributed by atoms with Crippen molar-refractivity contribution < 1.29 is 0 Å². The van der Waals surface area contributed by atoms with Gasteiger partial charge in [-0.1, -0.05) is 20.8 Å². The van der Waals surface area contributed by atoms with E-state index < -0.39 is 0 Å². The topological polar surface area (TPSA) is 55.8 Å². The first-order chi connectivity index (χ1) is 13.3. The Balaban J connectivity index is 0.00000420. The first kappa shape index (κ1) is 25.9. The minimum absolute atomic E-state index is 0. The van der Waals surface area contributed by atoms with E-state index in [0.29, 0.717) is 18.0 Å². The molecule has 1 fully saturated rings. The van der Waals surface area contributed by atoms with Crippen molar-refractivity contribution in [2.75, 3.05) is 44.7 Å². The van der Waals surface area contributed by atoms with E-state index in [4.69, 9.17) is 4.99 Å². The minimum Gasteiger partial charge on any atom is -0.357 e. The van der Waals surface area contributed by atoms with Crippen LogP contribution in [0.25, 0.3) is 0 Å². The first-order valence-corrected chi connectivity index (χ1v) is 10.7. The molecule has 0 amide bonds. The van der Waals surface area contributed by atoms with Gasteiger partial charge in [0.1, 0.15) is 5.82 Å². The fraction of sp³-hybridized carbons (Fsp3) is 0.727. The van der Waals surface area contributed by atoms with Crippen molar-refractivity contribution in [2.24, 2.45) is 10.4 Å². The maximum Gasteiger partial charge on any atom is 0.191 e. The number of halogens is 1. The van der Waals surface area contributed by atoms with E-state index in [2.05, 4.69) is 79.2 Å². The Kier molecular flexibility index (Phi) is 11.2. The van der Waals surface area contributed by atoms with E-state index in [1.165, 1.54) is 12.0 Å². The summed E-state index contributed by atoms with van der Waals surface area (Å²) >= 11 is 0. The van der Waals surface area contributed by atoms with Crippen LogP contribution < -0.4 is 15.5 Å². The maximum absolute atomic E-state index is 4.81. The summed E-state index contributed by atoms with van der Waals surface area (Å²) in [6.07, 6.45) is 4.24. The highest BCUT2D eigenvalue weighted by Gasteiger charge is 2.16. The molecule has 0 saturated carbocycles. The standard InChI is InChI=1S/C22H40N6.HI/c1-7-23-21(26-18(2)8-10-22(3,4)5)25-17-19-9-11-24-20(16-19)28-14-12-27(6)13-15-28;/h9,11,16,18H,7-8,10,12-15,17H2,1-6H3,(H2,23,25,26);1H. The molecule has 6 nitrogen and oxygen atoms in total. The molecular weight excluding hydrogens is 475 g/mol. The molecule has 1 aliphatic heterocycles. The molecule has 0 radical (unpaired) electrons. The fourth-order valence-corrected chi connectivity index (χ4v) is 3.21. The number of nitrogens with one attached hydrogen (secondary N) is 2. The molecule has 1 atom stereocenters. The molecule has 1 saturated heterocycles. The van der Waals surface area contributed by atoms with Crippen LogP contribution in [0.2, 0.25) is 0 Å². The third-order valence-electron chi connectivity index (χ3n) is 5.11. The largest absolute Gasteiger partial charge is 0.357 e. The van der Waals surface area contributed by atoms with E-state index in [-0.39, 0.29) is 24.0 Å². The number of pyridine rings is 1. The van der Waals surface area contributed by atoms with Gasteiger partial charge in [-0.15, -0.1) is 24.0 Å². The summed E-state index contributed by atoms with van der Waals surface area (Å²) in [5.74, 6) is 1.96. The number of piperazine rings is 1. The second-order valence-corrected chi connectivity index (χ2v) is 9.15. The zero-order valence-electron chi connectivity index (χ0n) is 19.2. The molecule has 0 bridgehead atoms. The van der Waals surface area contributed by atoms with Gasteiger partial charge in [-0.05, 0) is 56.8 Å². The average molecular weight is 517 g/mol. The number of aliphatic imine (C=N–C) groups is 1. The lowest BCUT2D eigenvalue weighted by molar-refractivity contribution is 0.312. The predicted molar refractivity (Wildman–Crippen MR) is 135 cm³/mol. The quantitative estimate of drug-likeness (QED) is 0.329. The number of rotatable bonds is 7. The SMILES string of the molecule is CCNC(=NCc1ccnc(N2CCN(C)CC2)c1)NC(C)CCC(C)(C)C.I. The van der Waals surface area contributed by atoms with Crippen molar-refractivity contribution in [3.05, 3.63) is 23.9 Å². The fourth-order valence-electron chi connectivity index (χ4n) is 3.21. The van der Waals surface area contributed by atoms with E-state index >= 15 is 0 Å². The van der Waals surface area contributed by atoms with Crippen LogP contribution in [-0.4, -0.2) is 61.7 Å². The third kappa shape index (κ3) is 9.98. The van der Waals surface area contributed by atoms with Crippen molar-refractivity contribution in [3.63, 3.8) is 0 Å². The molecule has 2 rings (SSSR count). The van der Waals surface area contributed by atoms with Gasteiger partial charge in [-0.25, -0.2) is 9.98 Å². The summed E-state index contributed by atoms with van der Waals surface area (Å²) < 4.78 is 0. The molecule has 1 aliphatic rings. The molecule has 29 heavy (non-hydrogen) atoms. The van der Waals surface area contributed by atoms with Gasteiger partial charge in [-0.2, -0.15) is 0 Å². The third-order valence-corrected chi connectivity index (χ3v) is 5.11. The lowest BCUT2D eigenvalue weighted by Crippen LogP contribution is -2.44. The van der Waals surface area contributed by atoms with Crippen LogP contribution in [0.15, 0.2) is 23.3 Å². The van der Waals surface area contributed by atoms with E-state index in [0.717, 1.165) is 50.9 Å². The Hall–Kier alpha value is -1.09. The number of aromatic nitrogens is 1. The molecule has 2 heterocycles. The van der Waals surface area contributed by atoms with Crippen molar-refractivity contribution >= 4 is 35.8 Å². The van der Waals surface area contributed by atoms with Gasteiger partial charge in [-0.3, -0.25) is 0 Å². The van der Waals surface area contributed by atoms with Gasteiger partial charge < -0.3 is 20.4 Å². The van der Waals surface area contributed by atoms with E-state index in [1.54, 1.807) is 0 Å². The molecule has 1 aromatic rings. The monoisotopic (exact) mass is 516 g/mol. The van der Waals surface area contributed by atoms with Crippen molar-refractivity contribution in [1.82, 2.24) is 20.5 Å². The van der Waals surface area contributed by atoms with Crippen LogP contribution >= 0.6 is 24.0 Å². The second kappa shape index (κ2) is 12.6. The Morgan fingerprint density at radius 2 is 1.93 bits per heavy atom. The molecule has 1 unspecified atom stereocenters. The molecular formula is C22H41IN6. The second-order valence-electron chi connectivity index (χ2n) is 9.15. The van der Waals surface area contributed by atoms with Crippen LogP contribution in [0.3, 0.4) is 0 Å². The van der Waals surface area contributed by atoms with Crippen molar-refractivity contribution in [1.29, 1.82) is 0 Å². The van der Waals surface area contributed by atoms with Crippen LogP contribution in [-0.2, 0) is 6.54 Å². The summed E-state index contributed by atoms with van der Waals surface area (Å²) in [6.45, 7) is 17.0. The number of likely N-dealkylation sites (N-methyl/N-ethyl adjacent to an activating group) is 1. The lowest BCUT2D eigenvalue weighted by Gasteiger charge is -2.33. The molecule has 2 N–H and O–H groups in total. The number of hydrogen-bond donors (Lipinski definition) is 2. The Morgan fingerprint density at radius 3 is 2.55 bits per heavy atom. The van der Waals surface area contributed by atoms with Crippen LogP contribution in [0.5, 0.6) is 0 Å².